The van der Waals surface area contributed by atoms with Gasteiger partial charge in [0.05, 0.1) is 5.69 Å². The van der Waals surface area contributed by atoms with Crippen molar-refractivity contribution in [3.63, 3.8) is 0 Å². The Hall–Kier alpha value is -0.420. The summed E-state index contributed by atoms with van der Waals surface area (Å²) in [6.45, 7) is 7.58. The molecule has 0 radical (unpaired) electrons. The van der Waals surface area contributed by atoms with E-state index in [0.717, 1.165) is 23.3 Å². The summed E-state index contributed by atoms with van der Waals surface area (Å²) in [6, 6.07) is 0.542. The van der Waals surface area contributed by atoms with Gasteiger partial charge in [0, 0.05) is 13.1 Å². The zero-order valence-corrected chi connectivity index (χ0v) is 11.4. The third-order valence-corrected chi connectivity index (χ3v) is 2.93. The van der Waals surface area contributed by atoms with Crippen LogP contribution in [0.25, 0.3) is 0 Å². The van der Waals surface area contributed by atoms with Crippen molar-refractivity contribution in [1.29, 1.82) is 0 Å². The van der Waals surface area contributed by atoms with E-state index in [9.17, 15) is 0 Å². The molecule has 5 heteroatoms. The summed E-state index contributed by atoms with van der Waals surface area (Å²) in [6.07, 6.45) is 0.990. The van der Waals surface area contributed by atoms with Gasteiger partial charge in [0.25, 0.3) is 0 Å². The van der Waals surface area contributed by atoms with E-state index in [1.165, 1.54) is 0 Å². The Kier molecular flexibility index (Phi) is 4.73. The molecule has 0 aliphatic heterocycles. The summed E-state index contributed by atoms with van der Waals surface area (Å²) in [7, 11) is 1.93. The second-order valence-electron chi connectivity index (χ2n) is 4.32. The molecule has 1 aromatic heterocycles. The second-order valence-corrected chi connectivity index (χ2v) is 5.07. The van der Waals surface area contributed by atoms with Gasteiger partial charge in [0.1, 0.15) is 0 Å². The van der Waals surface area contributed by atoms with Gasteiger partial charge >= 0.3 is 0 Å². The molecule has 1 aromatic rings. The van der Waals surface area contributed by atoms with Crippen LogP contribution in [-0.4, -0.2) is 27.6 Å². The Bertz CT molecular complexity index is 289. The lowest BCUT2D eigenvalue weighted by atomic mass is 10.1. The fourth-order valence-electron chi connectivity index (χ4n) is 1.41. The molecule has 0 saturated heterocycles. The van der Waals surface area contributed by atoms with Crippen LogP contribution in [0.5, 0.6) is 0 Å². The van der Waals surface area contributed by atoms with Crippen molar-refractivity contribution in [2.45, 2.75) is 33.2 Å². The van der Waals surface area contributed by atoms with Gasteiger partial charge in [-0.3, -0.25) is 4.68 Å². The van der Waals surface area contributed by atoms with Gasteiger partial charge in [-0.15, -0.1) is 5.10 Å². The summed E-state index contributed by atoms with van der Waals surface area (Å²) in [4.78, 5) is 0. The molecule has 1 unspecified atom stereocenters. The van der Waals surface area contributed by atoms with Crippen LogP contribution in [0.1, 0.15) is 26.5 Å². The highest BCUT2D eigenvalue weighted by molar-refractivity contribution is 9.10. The molecule has 15 heavy (non-hydrogen) atoms. The highest BCUT2D eigenvalue weighted by Crippen LogP contribution is 2.15. The van der Waals surface area contributed by atoms with Crippen LogP contribution in [-0.2, 0) is 13.5 Å². The quantitative estimate of drug-likeness (QED) is 0.890. The van der Waals surface area contributed by atoms with Gasteiger partial charge in [0.2, 0.25) is 0 Å². The molecule has 1 heterocycles. The highest BCUT2D eigenvalue weighted by Gasteiger charge is 2.12. The Morgan fingerprint density at radius 3 is 2.53 bits per heavy atom. The molecule has 0 aliphatic rings. The monoisotopic (exact) mass is 274 g/mol. The molecule has 0 aliphatic carbocycles. The first-order valence-corrected chi connectivity index (χ1v) is 6.07. The maximum Gasteiger partial charge on any atom is 0.151 e. The normalized spacial score (nSPS) is 13.5. The van der Waals surface area contributed by atoms with Crippen LogP contribution in [0.15, 0.2) is 4.60 Å². The molecule has 0 fully saturated rings. The van der Waals surface area contributed by atoms with Crippen molar-refractivity contribution >= 4 is 15.9 Å². The lowest BCUT2D eigenvalue weighted by molar-refractivity contribution is 0.464. The second kappa shape index (κ2) is 5.61. The van der Waals surface area contributed by atoms with Crippen LogP contribution < -0.4 is 5.32 Å². The molecule has 1 rings (SSSR count). The maximum atomic E-state index is 3.97. The minimum Gasteiger partial charge on any atom is -0.314 e. The smallest absolute Gasteiger partial charge is 0.151 e. The van der Waals surface area contributed by atoms with E-state index in [1.54, 1.807) is 0 Å². The number of halogens is 1. The van der Waals surface area contributed by atoms with Gasteiger partial charge in [-0.2, -0.15) is 0 Å². The maximum absolute atomic E-state index is 3.97. The van der Waals surface area contributed by atoms with Crippen molar-refractivity contribution < 1.29 is 0 Å². The summed E-state index contributed by atoms with van der Waals surface area (Å²) in [5.41, 5.74) is 1.16. The number of aryl methyl sites for hydroxylation is 1. The molecular weight excluding hydrogens is 256 g/mol. The highest BCUT2D eigenvalue weighted by atomic mass is 79.9. The third-order valence-electron chi connectivity index (χ3n) is 2.31. The molecular formula is C10H19BrN4. The first-order chi connectivity index (χ1) is 7.00. The number of hydrogen-bond donors (Lipinski definition) is 1. The van der Waals surface area contributed by atoms with E-state index < -0.39 is 0 Å². The van der Waals surface area contributed by atoms with E-state index in [0.29, 0.717) is 12.0 Å². The summed E-state index contributed by atoms with van der Waals surface area (Å²) < 4.78 is 2.69. The third kappa shape index (κ3) is 3.91. The van der Waals surface area contributed by atoms with E-state index in [-0.39, 0.29) is 0 Å². The number of nitrogens with one attached hydrogen (secondary N) is 1. The van der Waals surface area contributed by atoms with Gasteiger partial charge in [-0.05, 0) is 34.8 Å². The molecule has 86 valence electrons. The predicted octanol–water partition coefficient (Wildman–Crippen LogP) is 1.75. The molecule has 1 N–H and O–H groups in total. The number of aromatic nitrogens is 3. The van der Waals surface area contributed by atoms with Crippen LogP contribution in [0.2, 0.25) is 0 Å². The van der Waals surface area contributed by atoms with Crippen molar-refractivity contribution in [3.05, 3.63) is 10.3 Å². The van der Waals surface area contributed by atoms with E-state index in [1.807, 2.05) is 11.7 Å². The van der Waals surface area contributed by atoms with Crippen LogP contribution in [0.4, 0.5) is 0 Å². The summed E-state index contributed by atoms with van der Waals surface area (Å²) in [5.74, 6) is 0.584. The van der Waals surface area contributed by atoms with Crippen molar-refractivity contribution in [1.82, 2.24) is 20.3 Å². The Balaban J connectivity index is 2.47. The van der Waals surface area contributed by atoms with Crippen molar-refractivity contribution in [2.75, 3.05) is 6.54 Å². The van der Waals surface area contributed by atoms with Crippen molar-refractivity contribution in [2.24, 2.45) is 13.0 Å². The lowest BCUT2D eigenvalue weighted by Crippen LogP contribution is -2.29. The number of rotatable bonds is 5. The van der Waals surface area contributed by atoms with Crippen molar-refractivity contribution in [3.8, 4) is 0 Å². The largest absolute Gasteiger partial charge is 0.314 e. The average Bonchev–Trinajstić information content (AvgIpc) is 2.46. The number of nitrogens with zero attached hydrogens (tertiary/aromatic N) is 3. The van der Waals surface area contributed by atoms with E-state index >= 15 is 0 Å². The standard InChI is InChI=1S/C10H19BrN4/c1-7(2)12-6-8(3)5-9-10(11)13-14-15(9)4/h7-8,12H,5-6H2,1-4H3. The minimum absolute atomic E-state index is 0.542. The summed E-state index contributed by atoms with van der Waals surface area (Å²) >= 11 is 3.41. The van der Waals surface area contributed by atoms with E-state index in [2.05, 4.69) is 52.3 Å². The van der Waals surface area contributed by atoms with Gasteiger partial charge in [-0.1, -0.05) is 26.0 Å². The lowest BCUT2D eigenvalue weighted by Gasteiger charge is -2.14. The summed E-state index contributed by atoms with van der Waals surface area (Å²) in [5, 5.41) is 11.4. The Labute approximate surface area is 99.6 Å². The first-order valence-electron chi connectivity index (χ1n) is 5.28. The van der Waals surface area contributed by atoms with Gasteiger partial charge in [0.15, 0.2) is 4.60 Å². The average molecular weight is 275 g/mol. The minimum atomic E-state index is 0.542. The van der Waals surface area contributed by atoms with Crippen LogP contribution in [0.3, 0.4) is 0 Å². The fourth-order valence-corrected chi connectivity index (χ4v) is 1.90. The van der Waals surface area contributed by atoms with Gasteiger partial charge < -0.3 is 5.32 Å². The van der Waals surface area contributed by atoms with Gasteiger partial charge in [-0.25, -0.2) is 0 Å². The fraction of sp³-hybridized carbons (Fsp3) is 0.800. The predicted molar refractivity (Wildman–Crippen MR) is 64.7 cm³/mol. The molecule has 0 amide bonds. The molecule has 0 aromatic carbocycles. The molecule has 0 spiro atoms. The Morgan fingerprint density at radius 1 is 1.40 bits per heavy atom. The molecule has 4 nitrogen and oxygen atoms in total. The van der Waals surface area contributed by atoms with Crippen LogP contribution in [0, 0.1) is 5.92 Å². The zero-order chi connectivity index (χ0) is 11.4. The molecule has 1 atom stereocenters. The first kappa shape index (κ1) is 12.6. The number of hydrogen-bond acceptors (Lipinski definition) is 3. The SMILES string of the molecule is CC(CNC(C)C)Cc1c(Br)nnn1C. The van der Waals surface area contributed by atoms with E-state index in [4.69, 9.17) is 0 Å². The molecule has 0 bridgehead atoms. The zero-order valence-electron chi connectivity index (χ0n) is 9.79. The van der Waals surface area contributed by atoms with Crippen LogP contribution >= 0.6 is 15.9 Å². The topological polar surface area (TPSA) is 42.7 Å². The Morgan fingerprint density at radius 2 is 2.07 bits per heavy atom. The molecule has 0 saturated carbocycles.